The zero-order valence-corrected chi connectivity index (χ0v) is 18.7. The fraction of sp³-hybridized carbons (Fsp3) is 0.375. The molecule has 0 spiro atoms. The van der Waals surface area contributed by atoms with Gasteiger partial charge in [0.1, 0.15) is 5.75 Å². The number of aliphatic carboxylic acids is 1. The third-order valence-electron chi connectivity index (χ3n) is 5.55. The summed E-state index contributed by atoms with van der Waals surface area (Å²) in [5.41, 5.74) is 1.78. The van der Waals surface area contributed by atoms with Crippen molar-refractivity contribution in [1.29, 1.82) is 0 Å². The van der Waals surface area contributed by atoms with Crippen molar-refractivity contribution in [2.45, 2.75) is 38.7 Å². The quantitative estimate of drug-likeness (QED) is 0.521. The number of rotatable bonds is 8. The first kappa shape index (κ1) is 23.6. The van der Waals surface area contributed by atoms with Crippen molar-refractivity contribution in [2.24, 2.45) is 5.92 Å². The average Bonchev–Trinajstić information content (AvgIpc) is 2.77. The van der Waals surface area contributed by atoms with Crippen LogP contribution in [0.4, 0.5) is 0 Å². The van der Waals surface area contributed by atoms with E-state index in [1.54, 1.807) is 36.4 Å². The first-order chi connectivity index (χ1) is 15.3. The number of halogens is 1. The number of benzene rings is 2. The van der Waals surface area contributed by atoms with E-state index in [4.69, 9.17) is 21.4 Å². The van der Waals surface area contributed by atoms with Crippen molar-refractivity contribution < 1.29 is 24.2 Å². The highest BCUT2D eigenvalue weighted by Gasteiger charge is 2.27. The van der Waals surface area contributed by atoms with Crippen LogP contribution in [0.2, 0.25) is 5.02 Å². The van der Waals surface area contributed by atoms with Crippen molar-refractivity contribution in [3.8, 4) is 5.75 Å². The molecule has 1 fully saturated rings. The fourth-order valence-electron chi connectivity index (χ4n) is 3.76. The Labute approximate surface area is 192 Å². The lowest BCUT2D eigenvalue weighted by atomic mass is 9.87. The monoisotopic (exact) mass is 458 g/mol. The molecule has 8 heteroatoms. The van der Waals surface area contributed by atoms with E-state index < -0.39 is 5.97 Å². The van der Waals surface area contributed by atoms with E-state index in [9.17, 15) is 14.4 Å². The number of hydrogen-bond donors (Lipinski definition) is 3. The smallest absolute Gasteiger partial charge is 0.306 e. The van der Waals surface area contributed by atoms with Gasteiger partial charge < -0.3 is 20.5 Å². The molecule has 0 unspecified atom stereocenters. The van der Waals surface area contributed by atoms with Gasteiger partial charge in [0, 0.05) is 29.2 Å². The molecule has 1 aliphatic rings. The van der Waals surface area contributed by atoms with Crippen molar-refractivity contribution in [1.82, 2.24) is 10.6 Å². The highest BCUT2D eigenvalue weighted by Crippen LogP contribution is 2.28. The first-order valence-electron chi connectivity index (χ1n) is 10.7. The van der Waals surface area contributed by atoms with Gasteiger partial charge in [0.2, 0.25) is 0 Å². The van der Waals surface area contributed by atoms with Crippen molar-refractivity contribution in [2.75, 3.05) is 13.1 Å². The minimum Gasteiger partial charge on any atom is -0.490 e. The summed E-state index contributed by atoms with van der Waals surface area (Å²) in [6.45, 7) is 2.41. The lowest BCUT2D eigenvalue weighted by Gasteiger charge is -2.27. The van der Waals surface area contributed by atoms with Crippen LogP contribution in [0.1, 0.15) is 52.0 Å². The molecule has 0 aliphatic heterocycles. The summed E-state index contributed by atoms with van der Waals surface area (Å²) in [7, 11) is 0. The molecule has 7 nitrogen and oxygen atoms in total. The van der Waals surface area contributed by atoms with Gasteiger partial charge in [-0.2, -0.15) is 0 Å². The molecule has 0 saturated heterocycles. The van der Waals surface area contributed by atoms with Gasteiger partial charge in [0.05, 0.1) is 12.0 Å². The van der Waals surface area contributed by atoms with Crippen molar-refractivity contribution >= 4 is 29.4 Å². The second-order valence-electron chi connectivity index (χ2n) is 7.93. The van der Waals surface area contributed by atoms with Crippen LogP contribution < -0.4 is 15.4 Å². The van der Waals surface area contributed by atoms with Crippen LogP contribution in [-0.4, -0.2) is 42.1 Å². The Morgan fingerprint density at radius 3 is 2.31 bits per heavy atom. The summed E-state index contributed by atoms with van der Waals surface area (Å²) < 4.78 is 5.99. The average molecular weight is 459 g/mol. The molecule has 1 saturated carbocycles. The molecule has 170 valence electrons. The lowest BCUT2D eigenvalue weighted by molar-refractivity contribution is -0.143. The van der Waals surface area contributed by atoms with Crippen LogP contribution in [0.15, 0.2) is 42.5 Å². The topological polar surface area (TPSA) is 105 Å². The van der Waals surface area contributed by atoms with Crippen LogP contribution in [0.25, 0.3) is 0 Å². The van der Waals surface area contributed by atoms with Gasteiger partial charge in [0.25, 0.3) is 11.8 Å². The standard InChI is InChI=1S/C24H27ClN2O5/c1-15-13-20(32-19-7-5-16(6-8-19)24(30)31)9-10-21(15)23(29)27-12-11-26-22(28)17-3-2-4-18(25)14-17/h2-4,9-10,13-14,16,19H,5-8,11-12H2,1H3,(H,26,28)(H,27,29)(H,30,31). The number of aryl methyl sites for hydroxylation is 1. The van der Waals surface area contributed by atoms with E-state index in [0.29, 0.717) is 47.6 Å². The maximum absolute atomic E-state index is 12.5. The lowest BCUT2D eigenvalue weighted by Crippen LogP contribution is -2.35. The molecule has 2 aromatic rings. The maximum Gasteiger partial charge on any atom is 0.306 e. The van der Waals surface area contributed by atoms with Crippen molar-refractivity contribution in [3.63, 3.8) is 0 Å². The normalized spacial score (nSPS) is 17.9. The van der Waals surface area contributed by atoms with Crippen LogP contribution in [0, 0.1) is 12.8 Å². The SMILES string of the molecule is Cc1cc(OC2CCC(C(=O)O)CC2)ccc1C(=O)NCCNC(=O)c1cccc(Cl)c1. The van der Waals surface area contributed by atoms with E-state index in [0.717, 1.165) is 5.56 Å². The summed E-state index contributed by atoms with van der Waals surface area (Å²) in [5.74, 6) is -0.826. The second kappa shape index (κ2) is 11.0. The predicted molar refractivity (Wildman–Crippen MR) is 121 cm³/mol. The second-order valence-corrected chi connectivity index (χ2v) is 8.37. The Hall–Kier alpha value is -3.06. The number of hydrogen-bond acceptors (Lipinski definition) is 4. The number of carbonyl (C=O) groups excluding carboxylic acids is 2. The van der Waals surface area contributed by atoms with Gasteiger partial charge in [-0.15, -0.1) is 0 Å². The Morgan fingerprint density at radius 1 is 1.00 bits per heavy atom. The molecular formula is C24H27ClN2O5. The molecule has 3 rings (SSSR count). The molecular weight excluding hydrogens is 432 g/mol. The van der Waals surface area contributed by atoms with Crippen LogP contribution in [0.3, 0.4) is 0 Å². The van der Waals surface area contributed by atoms with Crippen molar-refractivity contribution in [3.05, 3.63) is 64.2 Å². The molecule has 2 amide bonds. The molecule has 3 N–H and O–H groups in total. The summed E-state index contributed by atoms with van der Waals surface area (Å²) in [6, 6.07) is 11.9. The largest absolute Gasteiger partial charge is 0.490 e. The van der Waals surface area contributed by atoms with Gasteiger partial charge in [-0.25, -0.2) is 0 Å². The Balaban J connectivity index is 1.44. The summed E-state index contributed by atoms with van der Waals surface area (Å²) >= 11 is 5.89. The number of amides is 2. The van der Waals surface area contributed by atoms with Gasteiger partial charge in [0.15, 0.2) is 0 Å². The predicted octanol–water partition coefficient (Wildman–Crippen LogP) is 3.83. The van der Waals surface area contributed by atoms with Crippen LogP contribution in [0.5, 0.6) is 5.75 Å². The van der Waals surface area contributed by atoms with E-state index >= 15 is 0 Å². The Bertz CT molecular complexity index is 986. The molecule has 2 aromatic carbocycles. The summed E-state index contributed by atoms with van der Waals surface area (Å²) in [5, 5.41) is 15.1. The molecule has 0 atom stereocenters. The minimum atomic E-state index is -0.737. The van der Waals surface area contributed by atoms with Gasteiger partial charge in [-0.05, 0) is 74.6 Å². The number of carboxylic acid groups (broad SMARTS) is 1. The van der Waals surface area contributed by atoms with Gasteiger partial charge in [-0.3, -0.25) is 14.4 Å². The molecule has 0 bridgehead atoms. The van der Waals surface area contributed by atoms with Crippen LogP contribution in [-0.2, 0) is 4.79 Å². The van der Waals surface area contributed by atoms with E-state index in [-0.39, 0.29) is 36.9 Å². The van der Waals surface area contributed by atoms with Gasteiger partial charge in [-0.1, -0.05) is 17.7 Å². The molecule has 0 heterocycles. The molecule has 0 radical (unpaired) electrons. The molecule has 1 aliphatic carbocycles. The maximum atomic E-state index is 12.5. The van der Waals surface area contributed by atoms with E-state index in [1.807, 2.05) is 13.0 Å². The highest BCUT2D eigenvalue weighted by molar-refractivity contribution is 6.30. The zero-order valence-electron chi connectivity index (χ0n) is 17.9. The Morgan fingerprint density at radius 2 is 1.69 bits per heavy atom. The number of carbonyl (C=O) groups is 3. The minimum absolute atomic E-state index is 0.00668. The zero-order chi connectivity index (χ0) is 23.1. The number of ether oxygens (including phenoxy) is 1. The highest BCUT2D eigenvalue weighted by atomic mass is 35.5. The van der Waals surface area contributed by atoms with E-state index in [1.165, 1.54) is 0 Å². The van der Waals surface area contributed by atoms with Crippen LogP contribution >= 0.6 is 11.6 Å². The van der Waals surface area contributed by atoms with E-state index in [2.05, 4.69) is 10.6 Å². The third-order valence-corrected chi connectivity index (χ3v) is 5.79. The first-order valence-corrected chi connectivity index (χ1v) is 11.0. The third kappa shape index (κ3) is 6.47. The Kier molecular flexibility index (Phi) is 8.11. The van der Waals surface area contributed by atoms with Gasteiger partial charge >= 0.3 is 5.97 Å². The fourth-order valence-corrected chi connectivity index (χ4v) is 3.95. The molecule has 0 aromatic heterocycles. The number of carboxylic acids is 1. The summed E-state index contributed by atoms with van der Waals surface area (Å²) in [6.07, 6.45) is 2.65. The number of nitrogens with one attached hydrogen (secondary N) is 2. The molecule has 32 heavy (non-hydrogen) atoms. The summed E-state index contributed by atoms with van der Waals surface area (Å²) in [4.78, 5) is 35.6.